The zero-order valence-corrected chi connectivity index (χ0v) is 19.0. The number of aromatic nitrogens is 3. The predicted octanol–water partition coefficient (Wildman–Crippen LogP) is 3.36. The number of nitrogens with one attached hydrogen (secondary N) is 2. The number of benzene rings is 1. The molecule has 0 saturated carbocycles. The third-order valence-electron chi connectivity index (χ3n) is 5.58. The smallest absolute Gasteiger partial charge is 0.322 e. The summed E-state index contributed by atoms with van der Waals surface area (Å²) in [5.41, 5.74) is 0.962. The lowest BCUT2D eigenvalue weighted by molar-refractivity contribution is 0.192. The number of nitrogens with zero attached hydrogens (tertiary/aromatic N) is 6. The summed E-state index contributed by atoms with van der Waals surface area (Å²) in [6.07, 6.45) is 7.30. The average Bonchev–Trinajstić information content (AvgIpc) is 3.22. The summed E-state index contributed by atoms with van der Waals surface area (Å²) in [5.74, 6) is -0.680. The van der Waals surface area contributed by atoms with E-state index in [-0.39, 0.29) is 30.0 Å². The first-order chi connectivity index (χ1) is 16.0. The van der Waals surface area contributed by atoms with Crippen LogP contribution in [0.4, 0.5) is 25.1 Å². The lowest BCUT2D eigenvalue weighted by Crippen LogP contribution is -2.52. The van der Waals surface area contributed by atoms with Gasteiger partial charge in [-0.1, -0.05) is 0 Å². The van der Waals surface area contributed by atoms with Crippen molar-refractivity contribution in [2.75, 3.05) is 29.9 Å². The maximum absolute atomic E-state index is 14.5. The van der Waals surface area contributed by atoms with Crippen molar-refractivity contribution in [1.29, 1.82) is 0 Å². The van der Waals surface area contributed by atoms with E-state index in [0.717, 1.165) is 24.7 Å². The van der Waals surface area contributed by atoms with Crippen LogP contribution in [0.2, 0.25) is 0 Å². The van der Waals surface area contributed by atoms with Crippen molar-refractivity contribution in [2.24, 2.45) is 4.99 Å². The monoisotopic (exact) mass is 488 g/mol. The van der Waals surface area contributed by atoms with Crippen LogP contribution in [0.15, 0.2) is 53.9 Å². The first-order valence-electron chi connectivity index (χ1n) is 10.6. The Bertz CT molecular complexity index is 1260. The molecule has 2 aliphatic heterocycles. The molecule has 9 nitrogen and oxygen atoms in total. The van der Waals surface area contributed by atoms with Gasteiger partial charge in [0.2, 0.25) is 0 Å². The second-order valence-corrected chi connectivity index (χ2v) is 7.93. The van der Waals surface area contributed by atoms with Crippen molar-refractivity contribution in [1.82, 2.24) is 24.8 Å². The fourth-order valence-electron chi connectivity index (χ4n) is 3.96. The zero-order valence-electron chi connectivity index (χ0n) is 18.2. The molecule has 34 heavy (non-hydrogen) atoms. The van der Waals surface area contributed by atoms with Crippen molar-refractivity contribution in [3.63, 3.8) is 0 Å². The number of anilines is 2. The van der Waals surface area contributed by atoms with Crippen LogP contribution in [0.5, 0.6) is 0 Å². The molecule has 2 amide bonds. The molecule has 178 valence electrons. The molecule has 12 heteroatoms. The van der Waals surface area contributed by atoms with Crippen LogP contribution in [0.25, 0.3) is 5.65 Å². The number of aliphatic imine (C=N–C) groups is 1. The molecule has 2 aliphatic rings. The van der Waals surface area contributed by atoms with Gasteiger partial charge in [0.05, 0.1) is 6.20 Å². The number of amides is 2. The number of carbonyl (C=O) groups excluding carboxylic acids is 1. The van der Waals surface area contributed by atoms with Crippen molar-refractivity contribution < 1.29 is 13.6 Å². The van der Waals surface area contributed by atoms with Crippen LogP contribution in [0, 0.1) is 11.6 Å². The maximum Gasteiger partial charge on any atom is 0.322 e. The molecular formula is C22H23ClF2N8O. The van der Waals surface area contributed by atoms with Crippen LogP contribution in [-0.4, -0.2) is 57.4 Å². The number of piperazine rings is 1. The van der Waals surface area contributed by atoms with E-state index in [1.165, 1.54) is 16.9 Å². The Morgan fingerprint density at radius 2 is 2.12 bits per heavy atom. The van der Waals surface area contributed by atoms with Crippen LogP contribution in [-0.2, 0) is 0 Å². The topological polar surface area (TPSA) is 90.2 Å². The highest BCUT2D eigenvalue weighted by atomic mass is 35.5. The van der Waals surface area contributed by atoms with E-state index in [4.69, 9.17) is 0 Å². The minimum atomic E-state index is -0.830. The van der Waals surface area contributed by atoms with Gasteiger partial charge in [-0.3, -0.25) is 4.99 Å². The Kier molecular flexibility index (Phi) is 6.75. The molecule has 2 aromatic heterocycles. The van der Waals surface area contributed by atoms with Crippen molar-refractivity contribution in [3.8, 4) is 0 Å². The number of fused-ring (bicyclic) bond motifs is 1. The molecule has 0 spiro atoms. The number of hydrogen-bond donors (Lipinski definition) is 2. The normalized spacial score (nSPS) is 19.9. The van der Waals surface area contributed by atoms with E-state index in [2.05, 4.69) is 25.7 Å². The summed E-state index contributed by atoms with van der Waals surface area (Å²) in [6.45, 7) is 3.95. The van der Waals surface area contributed by atoms with Crippen molar-refractivity contribution >= 4 is 41.8 Å². The van der Waals surface area contributed by atoms with Crippen LogP contribution in [0.3, 0.4) is 0 Å². The number of halogens is 3. The molecule has 5 rings (SSSR count). The van der Waals surface area contributed by atoms with E-state index < -0.39 is 17.8 Å². The molecule has 1 saturated heterocycles. The van der Waals surface area contributed by atoms with Gasteiger partial charge in [-0.15, -0.1) is 12.4 Å². The van der Waals surface area contributed by atoms with Gasteiger partial charge in [-0.05, 0) is 37.3 Å². The molecule has 0 radical (unpaired) electrons. The van der Waals surface area contributed by atoms with Crippen LogP contribution >= 0.6 is 12.4 Å². The van der Waals surface area contributed by atoms with E-state index in [9.17, 15) is 13.6 Å². The molecule has 0 aliphatic carbocycles. The van der Waals surface area contributed by atoms with Gasteiger partial charge in [-0.2, -0.15) is 5.10 Å². The van der Waals surface area contributed by atoms with Crippen molar-refractivity contribution in [3.05, 3.63) is 66.1 Å². The largest absolute Gasteiger partial charge is 0.322 e. The number of allylic oxidation sites excluding steroid dienone is 1. The number of hydrogen-bond acceptors (Lipinski definition) is 6. The Hall–Kier alpha value is -3.57. The summed E-state index contributed by atoms with van der Waals surface area (Å²) >= 11 is 0. The first kappa shape index (κ1) is 23.6. The molecule has 1 aromatic carbocycles. The molecule has 0 unspecified atom stereocenters. The molecule has 4 heterocycles. The van der Waals surface area contributed by atoms with Gasteiger partial charge in [0.1, 0.15) is 23.1 Å². The van der Waals surface area contributed by atoms with Gasteiger partial charge < -0.3 is 20.4 Å². The number of carbonyl (C=O) groups is 1. The summed E-state index contributed by atoms with van der Waals surface area (Å²) < 4.78 is 29.8. The predicted molar refractivity (Wildman–Crippen MR) is 128 cm³/mol. The molecule has 2 N–H and O–H groups in total. The van der Waals surface area contributed by atoms with Crippen LogP contribution in [0.1, 0.15) is 18.7 Å². The molecule has 0 bridgehead atoms. The molecular weight excluding hydrogens is 466 g/mol. The lowest BCUT2D eigenvalue weighted by atomic mass is 10.1. The summed E-state index contributed by atoms with van der Waals surface area (Å²) in [6, 6.07) is 4.95. The van der Waals surface area contributed by atoms with E-state index in [0.29, 0.717) is 30.2 Å². The Morgan fingerprint density at radius 3 is 2.94 bits per heavy atom. The van der Waals surface area contributed by atoms with Gasteiger partial charge in [0, 0.05) is 49.9 Å². The standard InChI is InChI=1S/C22H22F2N8O.ClH/c1-14-13-30(10-7-25-14)22(33)28-18-12-27-32-9-5-19(29-21(18)32)31-8-2-6-26-20(31)16-11-15(23)3-4-17(16)24;/h2-6,8-9,11-12,14,20,25H,7,10,13H2,1H3,(H,28,33);1H/t14-,20+;/m0./s1. The summed E-state index contributed by atoms with van der Waals surface area (Å²) in [4.78, 5) is 25.1. The quantitative estimate of drug-likeness (QED) is 0.590. The second-order valence-electron chi connectivity index (χ2n) is 7.93. The Morgan fingerprint density at radius 1 is 1.26 bits per heavy atom. The number of rotatable bonds is 3. The Labute approximate surface area is 200 Å². The molecule has 2 atom stereocenters. The van der Waals surface area contributed by atoms with Crippen molar-refractivity contribution in [2.45, 2.75) is 19.1 Å². The molecule has 3 aromatic rings. The van der Waals surface area contributed by atoms with E-state index in [1.54, 1.807) is 34.3 Å². The second kappa shape index (κ2) is 9.74. The van der Waals surface area contributed by atoms with Gasteiger partial charge in [-0.25, -0.2) is 23.1 Å². The fourth-order valence-corrected chi connectivity index (χ4v) is 3.96. The Balaban J connectivity index is 0.00000274. The number of urea groups is 1. The average molecular weight is 489 g/mol. The highest BCUT2D eigenvalue weighted by Gasteiger charge is 2.26. The first-order valence-corrected chi connectivity index (χ1v) is 10.6. The highest BCUT2D eigenvalue weighted by Crippen LogP contribution is 2.32. The minimum absolute atomic E-state index is 0. The van der Waals surface area contributed by atoms with Gasteiger partial charge >= 0.3 is 6.03 Å². The lowest BCUT2D eigenvalue weighted by Gasteiger charge is -2.31. The van der Waals surface area contributed by atoms with Gasteiger partial charge in [0.15, 0.2) is 11.8 Å². The maximum atomic E-state index is 14.5. The highest BCUT2D eigenvalue weighted by molar-refractivity contribution is 5.93. The molecule has 1 fully saturated rings. The summed E-state index contributed by atoms with van der Waals surface area (Å²) in [5, 5.41) is 10.4. The third kappa shape index (κ3) is 4.57. The SMILES string of the molecule is C[C@H]1CN(C(=O)Nc2cnn3ccc(N4C=CC=N[C@H]4c4cc(F)ccc4F)nc23)CCN1.Cl. The fraction of sp³-hybridized carbons (Fsp3) is 0.273. The van der Waals surface area contributed by atoms with Crippen LogP contribution < -0.4 is 15.5 Å². The third-order valence-corrected chi connectivity index (χ3v) is 5.58. The minimum Gasteiger partial charge on any atom is -0.322 e. The zero-order chi connectivity index (χ0) is 22.9. The van der Waals surface area contributed by atoms with Gasteiger partial charge in [0.25, 0.3) is 0 Å². The van der Waals surface area contributed by atoms with E-state index in [1.807, 2.05) is 6.92 Å². The van der Waals surface area contributed by atoms with E-state index >= 15 is 0 Å². The summed E-state index contributed by atoms with van der Waals surface area (Å²) in [7, 11) is 0.